The molecule has 1 aromatic rings. The lowest BCUT2D eigenvalue weighted by molar-refractivity contribution is 0.0403. The molecular formula is C18H26N4O2. The topological polar surface area (TPSA) is 57.2 Å². The van der Waals surface area contributed by atoms with Gasteiger partial charge in [-0.25, -0.2) is 4.79 Å². The number of morpholine rings is 1. The van der Waals surface area contributed by atoms with Crippen LogP contribution in [0.15, 0.2) is 29.3 Å². The Morgan fingerprint density at radius 3 is 2.54 bits per heavy atom. The van der Waals surface area contributed by atoms with Crippen molar-refractivity contribution in [2.24, 2.45) is 10.9 Å². The zero-order valence-electron chi connectivity index (χ0n) is 14.1. The van der Waals surface area contributed by atoms with E-state index in [-0.39, 0.29) is 6.03 Å². The molecule has 0 bridgehead atoms. The van der Waals surface area contributed by atoms with E-state index in [0.29, 0.717) is 32.2 Å². The Kier molecular flexibility index (Phi) is 5.69. The van der Waals surface area contributed by atoms with Gasteiger partial charge in [0.15, 0.2) is 0 Å². The van der Waals surface area contributed by atoms with Gasteiger partial charge in [-0.2, -0.15) is 0 Å². The third-order valence-electron chi connectivity index (χ3n) is 4.82. The fourth-order valence-electron chi connectivity index (χ4n) is 3.30. The number of piperidine rings is 1. The number of amides is 2. The predicted octanol–water partition coefficient (Wildman–Crippen LogP) is 2.59. The molecule has 24 heavy (non-hydrogen) atoms. The van der Waals surface area contributed by atoms with Crippen LogP contribution in [0.25, 0.3) is 0 Å². The third kappa shape index (κ3) is 4.06. The molecule has 0 radical (unpaired) electrons. The van der Waals surface area contributed by atoms with Crippen molar-refractivity contribution in [1.82, 2.24) is 9.80 Å². The largest absolute Gasteiger partial charge is 0.383 e. The Bertz CT molecular complexity index is 564. The lowest BCUT2D eigenvalue weighted by atomic mass is 9.97. The minimum atomic E-state index is 0.172. The van der Waals surface area contributed by atoms with Crippen LogP contribution in [0.2, 0.25) is 0 Å². The summed E-state index contributed by atoms with van der Waals surface area (Å²) in [5.74, 6) is 0.580. The van der Waals surface area contributed by atoms with Gasteiger partial charge in [0, 0.05) is 32.7 Å². The normalized spacial score (nSPS) is 19.2. The minimum Gasteiger partial charge on any atom is -0.383 e. The van der Waals surface area contributed by atoms with E-state index in [4.69, 9.17) is 4.74 Å². The molecule has 2 aliphatic heterocycles. The number of hydrogen-bond donors (Lipinski definition) is 1. The van der Waals surface area contributed by atoms with Gasteiger partial charge in [0.05, 0.1) is 24.6 Å². The van der Waals surface area contributed by atoms with Crippen LogP contribution in [0, 0.1) is 5.92 Å². The number of ether oxygens (including phenoxy) is 1. The Morgan fingerprint density at radius 1 is 1.17 bits per heavy atom. The number of carbonyl (C=O) groups is 1. The summed E-state index contributed by atoms with van der Waals surface area (Å²) in [5, 5.41) is 3.48. The molecule has 2 amide bonds. The van der Waals surface area contributed by atoms with Crippen molar-refractivity contribution in [2.75, 3.05) is 51.3 Å². The molecule has 2 fully saturated rings. The predicted molar refractivity (Wildman–Crippen MR) is 96.2 cm³/mol. The van der Waals surface area contributed by atoms with Gasteiger partial charge in [0.1, 0.15) is 0 Å². The second kappa shape index (κ2) is 8.15. The fraction of sp³-hybridized carbons (Fsp3) is 0.556. The molecule has 3 rings (SSSR count). The van der Waals surface area contributed by atoms with Crippen molar-refractivity contribution in [1.29, 1.82) is 0 Å². The van der Waals surface area contributed by atoms with Gasteiger partial charge in [0.25, 0.3) is 0 Å². The Morgan fingerprint density at radius 2 is 1.83 bits per heavy atom. The highest BCUT2D eigenvalue weighted by Gasteiger charge is 2.27. The molecule has 6 heteroatoms. The van der Waals surface area contributed by atoms with Crippen molar-refractivity contribution < 1.29 is 9.53 Å². The lowest BCUT2D eigenvalue weighted by Gasteiger charge is -2.37. The molecule has 2 heterocycles. The van der Waals surface area contributed by atoms with E-state index in [9.17, 15) is 4.79 Å². The molecule has 0 aromatic heterocycles. The molecule has 2 saturated heterocycles. The zero-order chi connectivity index (χ0) is 16.8. The van der Waals surface area contributed by atoms with Crippen LogP contribution in [0.1, 0.15) is 12.8 Å². The molecule has 0 saturated carbocycles. The van der Waals surface area contributed by atoms with E-state index in [1.54, 1.807) is 0 Å². The highest BCUT2D eigenvalue weighted by molar-refractivity contribution is 5.74. The molecule has 0 spiro atoms. The average molecular weight is 330 g/mol. The van der Waals surface area contributed by atoms with Crippen molar-refractivity contribution in [3.8, 4) is 0 Å². The number of aliphatic imine (C=N–C) groups is 1. The number of benzene rings is 1. The number of hydrogen-bond acceptors (Lipinski definition) is 4. The smallest absolute Gasteiger partial charge is 0.320 e. The van der Waals surface area contributed by atoms with Gasteiger partial charge in [-0.3, -0.25) is 4.99 Å². The molecule has 6 nitrogen and oxygen atoms in total. The number of nitrogens with zero attached hydrogens (tertiary/aromatic N) is 3. The van der Waals surface area contributed by atoms with Crippen LogP contribution < -0.4 is 5.32 Å². The van der Waals surface area contributed by atoms with E-state index >= 15 is 0 Å². The minimum absolute atomic E-state index is 0.172. The second-order valence-corrected chi connectivity index (χ2v) is 6.37. The molecule has 0 atom stereocenters. The van der Waals surface area contributed by atoms with Crippen LogP contribution in [-0.4, -0.2) is 68.5 Å². The van der Waals surface area contributed by atoms with E-state index in [0.717, 1.165) is 43.9 Å². The van der Waals surface area contributed by atoms with Gasteiger partial charge < -0.3 is 19.9 Å². The molecule has 1 N–H and O–H groups in total. The maximum absolute atomic E-state index is 12.5. The van der Waals surface area contributed by atoms with E-state index in [1.807, 2.05) is 34.1 Å². The number of rotatable bonds is 4. The molecule has 2 aliphatic rings. The number of anilines is 1. The van der Waals surface area contributed by atoms with Crippen molar-refractivity contribution in [3.05, 3.63) is 24.3 Å². The zero-order valence-corrected chi connectivity index (χ0v) is 14.1. The summed E-state index contributed by atoms with van der Waals surface area (Å²) in [7, 11) is 0. The summed E-state index contributed by atoms with van der Waals surface area (Å²) in [6, 6.07) is 8.12. The van der Waals surface area contributed by atoms with Gasteiger partial charge in [0.2, 0.25) is 0 Å². The first-order chi connectivity index (χ1) is 11.8. The summed E-state index contributed by atoms with van der Waals surface area (Å²) in [6.45, 7) is 8.93. The molecule has 130 valence electrons. The second-order valence-electron chi connectivity index (χ2n) is 6.37. The van der Waals surface area contributed by atoms with Crippen LogP contribution in [0.5, 0.6) is 0 Å². The lowest BCUT2D eigenvalue weighted by Crippen LogP contribution is -2.50. The van der Waals surface area contributed by atoms with E-state index in [2.05, 4.69) is 17.0 Å². The van der Waals surface area contributed by atoms with Gasteiger partial charge in [-0.1, -0.05) is 12.1 Å². The molecule has 0 aliphatic carbocycles. The van der Waals surface area contributed by atoms with Crippen LogP contribution in [0.3, 0.4) is 0 Å². The first-order valence-electron chi connectivity index (χ1n) is 8.69. The number of carbonyl (C=O) groups excluding carboxylic acids is 1. The van der Waals surface area contributed by atoms with Gasteiger partial charge in [-0.15, -0.1) is 0 Å². The number of likely N-dealkylation sites (tertiary alicyclic amines) is 1. The summed E-state index contributed by atoms with van der Waals surface area (Å²) in [6.07, 6.45) is 2.07. The van der Waals surface area contributed by atoms with E-state index < -0.39 is 0 Å². The quantitative estimate of drug-likeness (QED) is 0.863. The molecule has 1 aromatic carbocycles. The number of nitrogens with one attached hydrogen (secondary N) is 1. The Labute approximate surface area is 143 Å². The van der Waals surface area contributed by atoms with Crippen molar-refractivity contribution >= 4 is 24.1 Å². The Balaban J connectivity index is 1.45. The maximum atomic E-state index is 12.5. The average Bonchev–Trinajstić information content (AvgIpc) is 2.67. The summed E-state index contributed by atoms with van der Waals surface area (Å²) in [4.78, 5) is 20.4. The van der Waals surface area contributed by atoms with Crippen molar-refractivity contribution in [2.45, 2.75) is 12.8 Å². The summed E-state index contributed by atoms with van der Waals surface area (Å²) >= 11 is 0. The van der Waals surface area contributed by atoms with Crippen LogP contribution in [0.4, 0.5) is 16.2 Å². The first-order valence-corrected chi connectivity index (χ1v) is 8.69. The fourth-order valence-corrected chi connectivity index (χ4v) is 3.30. The van der Waals surface area contributed by atoms with Gasteiger partial charge in [-0.05, 0) is 37.6 Å². The number of urea groups is 1. The summed E-state index contributed by atoms with van der Waals surface area (Å²) < 4.78 is 5.31. The van der Waals surface area contributed by atoms with Crippen molar-refractivity contribution in [3.63, 3.8) is 0 Å². The van der Waals surface area contributed by atoms with Crippen LogP contribution in [-0.2, 0) is 4.74 Å². The Hall–Kier alpha value is -2.08. The molecular weight excluding hydrogens is 304 g/mol. The van der Waals surface area contributed by atoms with Crippen LogP contribution >= 0.6 is 0 Å². The monoisotopic (exact) mass is 330 g/mol. The van der Waals surface area contributed by atoms with Gasteiger partial charge >= 0.3 is 6.03 Å². The maximum Gasteiger partial charge on any atom is 0.320 e. The van der Waals surface area contributed by atoms with E-state index in [1.165, 1.54) is 0 Å². The standard InChI is InChI=1S/C18H26N4O2/c1-19-16-4-2-3-5-17(16)20-14-15-6-8-21(9-7-15)18(23)22-10-12-24-13-11-22/h2-5,15,20H,1,6-14H2. The summed E-state index contributed by atoms with van der Waals surface area (Å²) in [5.41, 5.74) is 1.91. The SMILES string of the molecule is C=Nc1ccccc1NCC1CCN(C(=O)N2CCOCC2)CC1. The third-order valence-corrected chi connectivity index (χ3v) is 4.82. The first kappa shape index (κ1) is 16.8. The molecule has 0 unspecified atom stereocenters. The highest BCUT2D eigenvalue weighted by Crippen LogP contribution is 2.25. The highest BCUT2D eigenvalue weighted by atomic mass is 16.5. The number of para-hydroxylation sites is 2.